The molecule has 26 heavy (non-hydrogen) atoms. The van der Waals surface area contributed by atoms with Gasteiger partial charge in [0.1, 0.15) is 5.60 Å². The Bertz CT molecular complexity index is 459. The highest BCUT2D eigenvalue weighted by atomic mass is 127. The number of piperidine rings is 1. The summed E-state index contributed by atoms with van der Waals surface area (Å²) in [7, 11) is 0. The molecule has 6 nitrogen and oxygen atoms in total. The van der Waals surface area contributed by atoms with Gasteiger partial charge in [-0.15, -0.1) is 24.0 Å². The van der Waals surface area contributed by atoms with Crippen molar-refractivity contribution in [1.29, 1.82) is 0 Å². The number of carbonyl (C=O) groups is 1. The standard InChI is InChI=1S/C19H36N4O2.HI/c1-5-20-17(22-12-6-7-13-22)21-11-10-16-9-8-14-23(15-16)18(24)25-19(2,3)4;/h16H,5-15H2,1-4H3,(H,20,21);1H. The van der Waals surface area contributed by atoms with Gasteiger partial charge in [0.15, 0.2) is 5.96 Å². The van der Waals surface area contributed by atoms with E-state index < -0.39 is 5.60 Å². The number of aliphatic imine (C=N–C) groups is 1. The third-order valence-electron chi connectivity index (χ3n) is 4.71. The third-order valence-corrected chi connectivity index (χ3v) is 4.71. The van der Waals surface area contributed by atoms with Crippen LogP contribution < -0.4 is 5.32 Å². The number of hydrogen-bond acceptors (Lipinski definition) is 3. The predicted molar refractivity (Wildman–Crippen MR) is 117 cm³/mol. The molecule has 2 fully saturated rings. The summed E-state index contributed by atoms with van der Waals surface area (Å²) in [6.45, 7) is 13.4. The van der Waals surface area contributed by atoms with E-state index >= 15 is 0 Å². The quantitative estimate of drug-likeness (QED) is 0.379. The van der Waals surface area contributed by atoms with E-state index in [-0.39, 0.29) is 30.1 Å². The third kappa shape index (κ3) is 7.88. The Morgan fingerprint density at radius 3 is 2.42 bits per heavy atom. The van der Waals surface area contributed by atoms with Crippen molar-refractivity contribution in [2.24, 2.45) is 10.9 Å². The Balaban J connectivity index is 0.00000338. The van der Waals surface area contributed by atoms with Gasteiger partial charge in [0, 0.05) is 39.3 Å². The molecular weight excluding hydrogens is 443 g/mol. The predicted octanol–water partition coefficient (Wildman–Crippen LogP) is 3.70. The fraction of sp³-hybridized carbons (Fsp3) is 0.895. The minimum absolute atomic E-state index is 0. The summed E-state index contributed by atoms with van der Waals surface area (Å²) in [6, 6.07) is 0. The molecule has 0 saturated carbocycles. The normalized spacial score (nSPS) is 21.4. The van der Waals surface area contributed by atoms with E-state index in [4.69, 9.17) is 9.73 Å². The molecule has 0 aromatic heterocycles. The second-order valence-corrected chi connectivity index (χ2v) is 8.15. The molecule has 0 aliphatic carbocycles. The van der Waals surface area contributed by atoms with Crippen LogP contribution >= 0.6 is 24.0 Å². The number of likely N-dealkylation sites (tertiary alicyclic amines) is 2. The van der Waals surface area contributed by atoms with Gasteiger partial charge in [-0.05, 0) is 65.7 Å². The molecule has 7 heteroatoms. The lowest BCUT2D eigenvalue weighted by Crippen LogP contribution is -2.43. The molecule has 1 unspecified atom stereocenters. The number of carbonyl (C=O) groups excluding carboxylic acids is 1. The number of nitrogens with one attached hydrogen (secondary N) is 1. The highest BCUT2D eigenvalue weighted by Crippen LogP contribution is 2.22. The maximum atomic E-state index is 12.3. The number of rotatable bonds is 4. The summed E-state index contributed by atoms with van der Waals surface area (Å²) in [5, 5.41) is 3.41. The molecule has 1 atom stereocenters. The molecule has 2 aliphatic rings. The van der Waals surface area contributed by atoms with Crippen LogP contribution in [0.15, 0.2) is 4.99 Å². The van der Waals surface area contributed by atoms with Crippen LogP contribution in [0.1, 0.15) is 59.8 Å². The molecule has 2 rings (SSSR count). The zero-order valence-corrected chi connectivity index (χ0v) is 19.3. The van der Waals surface area contributed by atoms with Gasteiger partial charge in [0.05, 0.1) is 0 Å². The number of halogens is 1. The van der Waals surface area contributed by atoms with Crippen LogP contribution in [0.5, 0.6) is 0 Å². The van der Waals surface area contributed by atoms with Gasteiger partial charge in [-0.25, -0.2) is 4.79 Å². The second kappa shape index (κ2) is 11.2. The van der Waals surface area contributed by atoms with Gasteiger partial charge in [-0.2, -0.15) is 0 Å². The number of guanidine groups is 1. The molecular formula is C19H37IN4O2. The Hall–Kier alpha value is -0.730. The molecule has 2 saturated heterocycles. The van der Waals surface area contributed by atoms with Crippen molar-refractivity contribution < 1.29 is 9.53 Å². The van der Waals surface area contributed by atoms with E-state index in [9.17, 15) is 4.79 Å². The lowest BCUT2D eigenvalue weighted by atomic mass is 9.95. The van der Waals surface area contributed by atoms with Crippen LogP contribution in [0, 0.1) is 5.92 Å². The summed E-state index contributed by atoms with van der Waals surface area (Å²) in [5.41, 5.74) is -0.426. The second-order valence-electron chi connectivity index (χ2n) is 8.15. The number of ether oxygens (including phenoxy) is 1. The molecule has 0 spiro atoms. The lowest BCUT2D eigenvalue weighted by molar-refractivity contribution is 0.0163. The lowest BCUT2D eigenvalue weighted by Gasteiger charge is -2.34. The fourth-order valence-corrected chi connectivity index (χ4v) is 3.50. The maximum Gasteiger partial charge on any atom is 0.410 e. The monoisotopic (exact) mass is 480 g/mol. The van der Waals surface area contributed by atoms with Gasteiger partial charge in [-0.1, -0.05) is 0 Å². The van der Waals surface area contributed by atoms with Gasteiger partial charge in [0.2, 0.25) is 0 Å². The first-order valence-corrected chi connectivity index (χ1v) is 9.90. The number of amides is 1. The van der Waals surface area contributed by atoms with Crippen molar-refractivity contribution in [2.45, 2.75) is 65.4 Å². The number of nitrogens with zero attached hydrogens (tertiary/aromatic N) is 3. The first-order chi connectivity index (χ1) is 11.9. The van der Waals surface area contributed by atoms with Crippen LogP contribution in [0.25, 0.3) is 0 Å². The summed E-state index contributed by atoms with van der Waals surface area (Å²) in [4.78, 5) is 21.3. The van der Waals surface area contributed by atoms with Crippen LogP contribution in [-0.2, 0) is 4.74 Å². The first-order valence-electron chi connectivity index (χ1n) is 9.90. The zero-order valence-electron chi connectivity index (χ0n) is 16.9. The van der Waals surface area contributed by atoms with Crippen molar-refractivity contribution in [3.63, 3.8) is 0 Å². The highest BCUT2D eigenvalue weighted by Gasteiger charge is 2.27. The molecule has 2 heterocycles. The van der Waals surface area contributed by atoms with Crippen molar-refractivity contribution in [2.75, 3.05) is 39.3 Å². The van der Waals surface area contributed by atoms with E-state index in [1.807, 2.05) is 25.7 Å². The zero-order chi connectivity index (χ0) is 18.3. The van der Waals surface area contributed by atoms with Crippen LogP contribution in [0.3, 0.4) is 0 Å². The van der Waals surface area contributed by atoms with Crippen LogP contribution in [0.4, 0.5) is 4.79 Å². The minimum atomic E-state index is -0.426. The molecule has 2 aliphatic heterocycles. The van der Waals surface area contributed by atoms with Crippen molar-refractivity contribution in [1.82, 2.24) is 15.1 Å². The molecule has 1 N–H and O–H groups in total. The average Bonchev–Trinajstić information content (AvgIpc) is 3.07. The summed E-state index contributed by atoms with van der Waals surface area (Å²) in [6.07, 6.45) is 5.61. The summed E-state index contributed by atoms with van der Waals surface area (Å²) in [5.74, 6) is 1.58. The smallest absolute Gasteiger partial charge is 0.410 e. The maximum absolute atomic E-state index is 12.3. The molecule has 0 radical (unpaired) electrons. The van der Waals surface area contributed by atoms with Crippen LogP contribution in [0.2, 0.25) is 0 Å². The minimum Gasteiger partial charge on any atom is -0.444 e. The highest BCUT2D eigenvalue weighted by molar-refractivity contribution is 14.0. The summed E-state index contributed by atoms with van der Waals surface area (Å²) >= 11 is 0. The van der Waals surface area contributed by atoms with Gasteiger partial charge in [0.25, 0.3) is 0 Å². The van der Waals surface area contributed by atoms with E-state index in [1.54, 1.807) is 0 Å². The Labute approximate surface area is 176 Å². The topological polar surface area (TPSA) is 57.2 Å². The Kier molecular flexibility index (Phi) is 10.0. The molecule has 0 aromatic carbocycles. The molecule has 0 aromatic rings. The van der Waals surface area contributed by atoms with E-state index in [2.05, 4.69) is 17.1 Å². The van der Waals surface area contributed by atoms with Gasteiger partial charge < -0.3 is 19.9 Å². The van der Waals surface area contributed by atoms with Gasteiger partial charge >= 0.3 is 6.09 Å². The van der Waals surface area contributed by atoms with Crippen LogP contribution in [-0.4, -0.2) is 66.7 Å². The Morgan fingerprint density at radius 2 is 1.81 bits per heavy atom. The SMILES string of the molecule is CCNC(=NCCC1CCCN(C(=O)OC(C)(C)C)C1)N1CCCC1.I. The number of hydrogen-bond donors (Lipinski definition) is 1. The molecule has 152 valence electrons. The van der Waals surface area contributed by atoms with Crippen molar-refractivity contribution in [3.05, 3.63) is 0 Å². The van der Waals surface area contributed by atoms with Crippen molar-refractivity contribution >= 4 is 36.0 Å². The van der Waals surface area contributed by atoms with Crippen molar-refractivity contribution in [3.8, 4) is 0 Å². The Morgan fingerprint density at radius 1 is 1.15 bits per heavy atom. The first kappa shape index (κ1) is 23.3. The molecule has 0 bridgehead atoms. The van der Waals surface area contributed by atoms with E-state index in [1.165, 1.54) is 19.3 Å². The van der Waals surface area contributed by atoms with Gasteiger partial charge in [-0.3, -0.25) is 4.99 Å². The average molecular weight is 480 g/mol. The fourth-order valence-electron chi connectivity index (χ4n) is 3.50. The summed E-state index contributed by atoms with van der Waals surface area (Å²) < 4.78 is 5.51. The molecule has 1 amide bonds. The largest absolute Gasteiger partial charge is 0.444 e. The van der Waals surface area contributed by atoms with E-state index in [0.717, 1.165) is 58.1 Å². The van der Waals surface area contributed by atoms with E-state index in [0.29, 0.717) is 5.92 Å².